The summed E-state index contributed by atoms with van der Waals surface area (Å²) in [5.74, 6) is 0.139. The Morgan fingerprint density at radius 2 is 2.06 bits per heavy atom. The number of fused-ring (bicyclic) bond motifs is 1. The van der Waals surface area contributed by atoms with E-state index in [0.717, 1.165) is 29.4 Å². The van der Waals surface area contributed by atoms with Crippen LogP contribution >= 0.6 is 15.9 Å². The molecule has 0 saturated carbocycles. The first-order valence-electron chi connectivity index (χ1n) is 10.4. The fourth-order valence-corrected chi connectivity index (χ4v) is 4.30. The van der Waals surface area contributed by atoms with Crippen molar-refractivity contribution >= 4 is 33.8 Å². The summed E-state index contributed by atoms with van der Waals surface area (Å²) >= 11 is 3.40. The molecule has 1 atom stereocenters. The number of hydrogen-bond acceptors (Lipinski definition) is 6. The van der Waals surface area contributed by atoms with Gasteiger partial charge in [0.15, 0.2) is 5.76 Å². The third kappa shape index (κ3) is 4.67. The number of rotatable bonds is 5. The van der Waals surface area contributed by atoms with Gasteiger partial charge in [-0.1, -0.05) is 28.1 Å². The van der Waals surface area contributed by atoms with Crippen molar-refractivity contribution in [3.63, 3.8) is 0 Å². The van der Waals surface area contributed by atoms with Crippen LogP contribution in [0, 0.1) is 5.92 Å². The van der Waals surface area contributed by atoms with Crippen LogP contribution < -0.4 is 4.74 Å². The standard InChI is InChI=1S/C24H24BrNO5/c1-2-30-24(29)16-4-3-11-26(13-16)14-19-20(27)10-9-18-22(28)21(31-23(18)19)12-15-5-7-17(25)8-6-15/h5-10,12,16,27H,2-4,11,13-14H2,1H3/b21-12-. The molecule has 0 aromatic heterocycles. The fourth-order valence-electron chi connectivity index (χ4n) is 4.04. The molecule has 4 rings (SSSR count). The van der Waals surface area contributed by atoms with Crippen molar-refractivity contribution in [2.75, 3.05) is 19.7 Å². The van der Waals surface area contributed by atoms with Crippen molar-refractivity contribution < 1.29 is 24.2 Å². The summed E-state index contributed by atoms with van der Waals surface area (Å²) in [6.07, 6.45) is 3.37. The Bertz CT molecular complexity index is 1030. The number of likely N-dealkylation sites (tertiary alicyclic amines) is 1. The lowest BCUT2D eigenvalue weighted by Gasteiger charge is -2.31. The van der Waals surface area contributed by atoms with Crippen LogP contribution in [0.4, 0.5) is 0 Å². The zero-order chi connectivity index (χ0) is 22.0. The van der Waals surface area contributed by atoms with Crippen LogP contribution in [-0.2, 0) is 16.1 Å². The highest BCUT2D eigenvalue weighted by Gasteiger charge is 2.33. The Kier molecular flexibility index (Phi) is 6.43. The Hall–Kier alpha value is -2.64. The number of ketones is 1. The lowest BCUT2D eigenvalue weighted by molar-refractivity contribution is -0.150. The molecule has 2 aromatic rings. The van der Waals surface area contributed by atoms with E-state index in [0.29, 0.717) is 36.6 Å². The lowest BCUT2D eigenvalue weighted by Crippen LogP contribution is -2.39. The van der Waals surface area contributed by atoms with Gasteiger partial charge in [0.05, 0.1) is 23.7 Å². The molecular formula is C24H24BrNO5. The van der Waals surface area contributed by atoms with Crippen LogP contribution in [0.15, 0.2) is 46.6 Å². The summed E-state index contributed by atoms with van der Waals surface area (Å²) in [7, 11) is 0. The molecule has 2 aliphatic heterocycles. The van der Waals surface area contributed by atoms with Crippen molar-refractivity contribution in [1.29, 1.82) is 0 Å². The second-order valence-electron chi connectivity index (χ2n) is 7.76. The number of halogens is 1. The number of phenols is 1. The molecule has 1 unspecified atom stereocenters. The Labute approximate surface area is 189 Å². The molecule has 6 nitrogen and oxygen atoms in total. The molecule has 2 aromatic carbocycles. The van der Waals surface area contributed by atoms with Crippen molar-refractivity contribution in [2.24, 2.45) is 5.92 Å². The van der Waals surface area contributed by atoms with E-state index in [1.54, 1.807) is 19.1 Å². The number of aromatic hydroxyl groups is 1. The van der Waals surface area contributed by atoms with Gasteiger partial charge in [0.25, 0.3) is 0 Å². The average Bonchev–Trinajstić information content (AvgIpc) is 3.08. The number of allylic oxidation sites excluding steroid dienone is 1. The van der Waals surface area contributed by atoms with Gasteiger partial charge in [0.1, 0.15) is 11.5 Å². The summed E-state index contributed by atoms with van der Waals surface area (Å²) in [4.78, 5) is 27.1. The quantitative estimate of drug-likeness (QED) is 0.494. The first-order chi connectivity index (χ1) is 15.0. The van der Waals surface area contributed by atoms with Gasteiger partial charge in [0.2, 0.25) is 5.78 Å². The van der Waals surface area contributed by atoms with Crippen LogP contribution in [0.25, 0.3) is 6.08 Å². The smallest absolute Gasteiger partial charge is 0.310 e. The highest BCUT2D eigenvalue weighted by molar-refractivity contribution is 9.10. The lowest BCUT2D eigenvalue weighted by atomic mass is 9.97. The number of carbonyl (C=O) groups is 2. The number of ether oxygens (including phenoxy) is 2. The first-order valence-corrected chi connectivity index (χ1v) is 11.2. The van der Waals surface area contributed by atoms with Gasteiger partial charge < -0.3 is 14.6 Å². The van der Waals surface area contributed by atoms with Gasteiger partial charge in [0, 0.05) is 17.6 Å². The maximum Gasteiger partial charge on any atom is 0.310 e. The second-order valence-corrected chi connectivity index (χ2v) is 8.67. The van der Waals surface area contributed by atoms with Crippen LogP contribution in [0.2, 0.25) is 0 Å². The van der Waals surface area contributed by atoms with Crippen molar-refractivity contribution in [1.82, 2.24) is 4.90 Å². The highest BCUT2D eigenvalue weighted by Crippen LogP contribution is 2.40. The van der Waals surface area contributed by atoms with E-state index in [-0.39, 0.29) is 29.2 Å². The maximum atomic E-state index is 12.9. The summed E-state index contributed by atoms with van der Waals surface area (Å²) in [5.41, 5.74) is 1.85. The minimum atomic E-state index is -0.206. The van der Waals surface area contributed by atoms with Crippen LogP contribution in [0.1, 0.15) is 41.3 Å². The summed E-state index contributed by atoms with van der Waals surface area (Å²) in [6.45, 7) is 3.92. The van der Waals surface area contributed by atoms with Gasteiger partial charge in [-0.25, -0.2) is 0 Å². The topological polar surface area (TPSA) is 76.1 Å². The monoisotopic (exact) mass is 485 g/mol. The normalized spacial score (nSPS) is 19.9. The number of carbonyl (C=O) groups excluding carboxylic acids is 2. The molecule has 1 fully saturated rings. The molecule has 162 valence electrons. The Morgan fingerprint density at radius 1 is 1.29 bits per heavy atom. The van der Waals surface area contributed by atoms with Crippen molar-refractivity contribution in [2.45, 2.75) is 26.3 Å². The number of Topliss-reactive ketones (excluding diaryl/α,β-unsaturated/α-hetero) is 1. The number of hydrogen-bond donors (Lipinski definition) is 1. The van der Waals surface area contributed by atoms with Crippen LogP contribution in [0.3, 0.4) is 0 Å². The van der Waals surface area contributed by atoms with Crippen LogP contribution in [0.5, 0.6) is 11.5 Å². The summed E-state index contributed by atoms with van der Waals surface area (Å²) < 4.78 is 12.1. The van der Waals surface area contributed by atoms with E-state index in [1.807, 2.05) is 24.3 Å². The van der Waals surface area contributed by atoms with E-state index in [9.17, 15) is 14.7 Å². The van der Waals surface area contributed by atoms with Crippen molar-refractivity contribution in [3.05, 3.63) is 63.3 Å². The van der Waals surface area contributed by atoms with Gasteiger partial charge in [-0.05, 0) is 62.2 Å². The first kappa shape index (κ1) is 21.6. The Morgan fingerprint density at radius 3 is 2.81 bits per heavy atom. The second kappa shape index (κ2) is 9.24. The van der Waals surface area contributed by atoms with Gasteiger partial charge >= 0.3 is 5.97 Å². The van der Waals surface area contributed by atoms with Crippen LogP contribution in [-0.4, -0.2) is 41.5 Å². The predicted molar refractivity (Wildman–Crippen MR) is 120 cm³/mol. The number of nitrogens with zero attached hydrogens (tertiary/aromatic N) is 1. The maximum absolute atomic E-state index is 12.9. The number of esters is 1. The summed E-state index contributed by atoms with van der Waals surface area (Å²) in [6, 6.07) is 10.7. The van der Waals surface area contributed by atoms with Gasteiger partial charge in [-0.2, -0.15) is 0 Å². The molecular weight excluding hydrogens is 462 g/mol. The molecule has 31 heavy (non-hydrogen) atoms. The minimum absolute atomic E-state index is 0.0784. The third-order valence-electron chi connectivity index (χ3n) is 5.59. The zero-order valence-electron chi connectivity index (χ0n) is 17.3. The summed E-state index contributed by atoms with van der Waals surface area (Å²) in [5, 5.41) is 10.5. The molecule has 0 bridgehead atoms. The Balaban J connectivity index is 1.56. The average molecular weight is 486 g/mol. The zero-order valence-corrected chi connectivity index (χ0v) is 18.9. The molecule has 1 N–H and O–H groups in total. The largest absolute Gasteiger partial charge is 0.507 e. The van der Waals surface area contributed by atoms with E-state index in [4.69, 9.17) is 9.47 Å². The molecule has 0 amide bonds. The number of piperidine rings is 1. The SMILES string of the molecule is CCOC(=O)C1CCCN(Cc2c(O)ccc3c2O/C(=C\c2ccc(Br)cc2)C3=O)C1. The fraction of sp³-hybridized carbons (Fsp3) is 0.333. The van der Waals surface area contributed by atoms with E-state index in [2.05, 4.69) is 20.8 Å². The van der Waals surface area contributed by atoms with Gasteiger partial charge in [-0.3, -0.25) is 14.5 Å². The molecule has 0 spiro atoms. The van der Waals surface area contributed by atoms with E-state index >= 15 is 0 Å². The predicted octanol–water partition coefficient (Wildman–Crippen LogP) is 4.55. The van der Waals surface area contributed by atoms with Crippen molar-refractivity contribution in [3.8, 4) is 11.5 Å². The minimum Gasteiger partial charge on any atom is -0.507 e. The highest BCUT2D eigenvalue weighted by atomic mass is 79.9. The molecule has 0 radical (unpaired) electrons. The molecule has 7 heteroatoms. The molecule has 2 aliphatic rings. The van der Waals surface area contributed by atoms with Gasteiger partial charge in [-0.15, -0.1) is 0 Å². The van der Waals surface area contributed by atoms with E-state index in [1.165, 1.54) is 6.07 Å². The molecule has 1 saturated heterocycles. The molecule has 0 aliphatic carbocycles. The molecule has 2 heterocycles. The number of benzene rings is 2. The third-order valence-corrected chi connectivity index (χ3v) is 6.12. The number of phenolic OH excluding ortho intramolecular Hbond substituents is 1. The van der Waals surface area contributed by atoms with E-state index < -0.39 is 0 Å².